The molecule has 0 radical (unpaired) electrons. The van der Waals surface area contributed by atoms with E-state index in [0.29, 0.717) is 17.7 Å². The van der Waals surface area contributed by atoms with E-state index in [-0.39, 0.29) is 17.1 Å². The van der Waals surface area contributed by atoms with Crippen LogP contribution in [0.4, 0.5) is 0 Å². The highest BCUT2D eigenvalue weighted by atomic mass is 16.6. The molecule has 0 spiro atoms. The van der Waals surface area contributed by atoms with Crippen LogP contribution in [0.1, 0.15) is 40.5 Å². The number of allylic oxidation sites excluding steroid dienone is 3. The first-order valence-corrected chi connectivity index (χ1v) is 9.07. The predicted molar refractivity (Wildman–Crippen MR) is 108 cm³/mol. The molecule has 0 unspecified atom stereocenters. The molecule has 6 nitrogen and oxygen atoms in total. The Morgan fingerprint density at radius 1 is 1.11 bits per heavy atom. The highest BCUT2D eigenvalue weighted by Crippen LogP contribution is 2.38. The number of ether oxygens (including phenoxy) is 3. The van der Waals surface area contributed by atoms with Crippen molar-refractivity contribution in [3.63, 3.8) is 0 Å². The lowest BCUT2D eigenvalue weighted by Gasteiger charge is -2.13. The number of hydrogen-bond donors (Lipinski definition) is 0. The van der Waals surface area contributed by atoms with E-state index in [9.17, 15) is 9.59 Å². The minimum atomic E-state index is -0.724. The molecule has 6 heteroatoms. The lowest BCUT2D eigenvalue weighted by molar-refractivity contribution is -0.131. The molecule has 0 saturated heterocycles. The lowest BCUT2D eigenvalue weighted by Crippen LogP contribution is -2.11. The van der Waals surface area contributed by atoms with Crippen molar-refractivity contribution in [2.45, 2.75) is 40.5 Å². The molecular weight excluding hydrogens is 360 g/mol. The van der Waals surface area contributed by atoms with Crippen LogP contribution in [0, 0.1) is 0 Å². The Morgan fingerprint density at radius 3 is 2.50 bits per heavy atom. The van der Waals surface area contributed by atoms with Gasteiger partial charge in [-0.1, -0.05) is 23.3 Å². The van der Waals surface area contributed by atoms with Gasteiger partial charge in [0.05, 0.1) is 7.11 Å². The maximum atomic E-state index is 12.1. The minimum absolute atomic E-state index is 0.00103. The monoisotopic (exact) mass is 386 g/mol. The van der Waals surface area contributed by atoms with Crippen molar-refractivity contribution < 1.29 is 23.4 Å². The van der Waals surface area contributed by atoms with Gasteiger partial charge in [0.25, 0.3) is 0 Å². The summed E-state index contributed by atoms with van der Waals surface area (Å²) < 4.78 is 21.5. The summed E-state index contributed by atoms with van der Waals surface area (Å²) in [6, 6.07) is 5.04. The molecule has 0 aliphatic heterocycles. The fraction of sp³-hybridized carbons (Fsp3) is 0.364. The van der Waals surface area contributed by atoms with Gasteiger partial charge in [0.15, 0.2) is 5.75 Å². The molecule has 1 heterocycles. The van der Waals surface area contributed by atoms with E-state index < -0.39 is 11.6 Å². The summed E-state index contributed by atoms with van der Waals surface area (Å²) in [6.45, 7) is 7.80. The molecular formula is C22H26O6. The summed E-state index contributed by atoms with van der Waals surface area (Å²) in [6.07, 6.45) is 6.13. The second kappa shape index (κ2) is 9.78. The van der Waals surface area contributed by atoms with Gasteiger partial charge >= 0.3 is 11.6 Å². The Bertz CT molecular complexity index is 961. The third kappa shape index (κ3) is 5.49. The predicted octanol–water partition coefficient (Wildman–Crippen LogP) is 4.80. The summed E-state index contributed by atoms with van der Waals surface area (Å²) in [7, 11) is 1.31. The molecule has 0 amide bonds. The molecule has 2 aromatic rings. The molecule has 0 saturated carbocycles. The van der Waals surface area contributed by atoms with Crippen LogP contribution in [-0.4, -0.2) is 19.7 Å². The highest BCUT2D eigenvalue weighted by molar-refractivity contribution is 5.93. The molecule has 0 N–H and O–H groups in total. The highest BCUT2D eigenvalue weighted by Gasteiger charge is 2.21. The second-order valence-electron chi connectivity index (χ2n) is 6.66. The average molecular weight is 386 g/mol. The van der Waals surface area contributed by atoms with Crippen molar-refractivity contribution in [3.8, 4) is 17.2 Å². The van der Waals surface area contributed by atoms with E-state index in [2.05, 4.69) is 26.8 Å². The van der Waals surface area contributed by atoms with E-state index in [4.69, 9.17) is 18.6 Å². The van der Waals surface area contributed by atoms with Crippen LogP contribution in [0.3, 0.4) is 0 Å². The molecule has 0 atom stereocenters. The van der Waals surface area contributed by atoms with E-state index >= 15 is 0 Å². The van der Waals surface area contributed by atoms with E-state index in [1.54, 1.807) is 18.2 Å². The fourth-order valence-corrected chi connectivity index (χ4v) is 2.67. The molecule has 1 aromatic carbocycles. The summed E-state index contributed by atoms with van der Waals surface area (Å²) in [5, 5.41) is 0.379. The van der Waals surface area contributed by atoms with Crippen molar-refractivity contribution in [1.29, 1.82) is 0 Å². The number of rotatable bonds is 8. The summed E-state index contributed by atoms with van der Waals surface area (Å²) in [4.78, 5) is 23.6. The number of fused-ring (bicyclic) bond motifs is 1. The van der Waals surface area contributed by atoms with Crippen LogP contribution < -0.4 is 19.8 Å². The van der Waals surface area contributed by atoms with Gasteiger partial charge < -0.3 is 18.6 Å². The Hall–Kier alpha value is -3.02. The van der Waals surface area contributed by atoms with Crippen molar-refractivity contribution in [1.82, 2.24) is 0 Å². The topological polar surface area (TPSA) is 75.0 Å². The van der Waals surface area contributed by atoms with Gasteiger partial charge in [0.1, 0.15) is 23.3 Å². The quantitative estimate of drug-likeness (QED) is 0.369. The van der Waals surface area contributed by atoms with Crippen LogP contribution in [0.5, 0.6) is 17.2 Å². The van der Waals surface area contributed by atoms with Crippen LogP contribution in [0.2, 0.25) is 0 Å². The number of methoxy groups -OCH3 is 1. The minimum Gasteiger partial charge on any atom is -0.489 e. The SMILES string of the molecule is COc1c(OC(C)=O)c2c(OC/C=C(\C)CCC=C(C)C)cccc2oc1=O. The summed E-state index contributed by atoms with van der Waals surface area (Å²) in [5.41, 5.74) is 2.04. The molecule has 1 aromatic heterocycles. The normalized spacial score (nSPS) is 11.2. The third-order valence-electron chi connectivity index (χ3n) is 4.02. The van der Waals surface area contributed by atoms with Gasteiger partial charge in [0, 0.05) is 6.92 Å². The van der Waals surface area contributed by atoms with Crippen LogP contribution in [-0.2, 0) is 4.79 Å². The van der Waals surface area contributed by atoms with E-state index in [0.717, 1.165) is 12.8 Å². The second-order valence-corrected chi connectivity index (χ2v) is 6.66. The van der Waals surface area contributed by atoms with Gasteiger partial charge in [0.2, 0.25) is 5.75 Å². The molecule has 2 rings (SSSR count). The Morgan fingerprint density at radius 2 is 1.86 bits per heavy atom. The molecule has 0 fully saturated rings. The first-order chi connectivity index (χ1) is 13.3. The van der Waals surface area contributed by atoms with Gasteiger partial charge in [-0.25, -0.2) is 4.79 Å². The van der Waals surface area contributed by atoms with Crippen molar-refractivity contribution >= 4 is 16.9 Å². The number of hydrogen-bond acceptors (Lipinski definition) is 6. The number of carbonyl (C=O) groups is 1. The van der Waals surface area contributed by atoms with Crippen LogP contribution in [0.25, 0.3) is 11.0 Å². The van der Waals surface area contributed by atoms with Gasteiger partial charge in [-0.15, -0.1) is 0 Å². The zero-order chi connectivity index (χ0) is 20.7. The van der Waals surface area contributed by atoms with Gasteiger partial charge in [-0.2, -0.15) is 0 Å². The molecule has 0 bridgehead atoms. The average Bonchev–Trinajstić information content (AvgIpc) is 2.61. The lowest BCUT2D eigenvalue weighted by atomic mass is 10.1. The van der Waals surface area contributed by atoms with Crippen molar-refractivity contribution in [2.24, 2.45) is 0 Å². The third-order valence-corrected chi connectivity index (χ3v) is 4.02. The van der Waals surface area contributed by atoms with E-state index in [1.165, 1.54) is 25.2 Å². The summed E-state index contributed by atoms with van der Waals surface area (Å²) >= 11 is 0. The number of carbonyl (C=O) groups excluding carboxylic acids is 1. The maximum Gasteiger partial charge on any atom is 0.383 e. The summed E-state index contributed by atoms with van der Waals surface area (Å²) in [5.74, 6) is -0.313. The Labute approximate surface area is 164 Å². The fourth-order valence-electron chi connectivity index (χ4n) is 2.67. The van der Waals surface area contributed by atoms with Crippen molar-refractivity contribution in [3.05, 3.63) is 51.9 Å². The zero-order valence-corrected chi connectivity index (χ0v) is 17.0. The standard InChI is InChI=1S/C22H26O6/c1-14(2)8-6-9-15(3)12-13-26-17-10-7-11-18-19(17)20(27-16(4)23)21(25-5)22(24)28-18/h7-8,10-12H,6,9,13H2,1-5H3/b15-12+. The Kier molecular flexibility index (Phi) is 7.44. The van der Waals surface area contributed by atoms with Crippen LogP contribution in [0.15, 0.2) is 50.7 Å². The largest absolute Gasteiger partial charge is 0.489 e. The van der Waals surface area contributed by atoms with Crippen molar-refractivity contribution in [2.75, 3.05) is 13.7 Å². The Balaban J connectivity index is 2.33. The zero-order valence-electron chi connectivity index (χ0n) is 17.0. The number of benzene rings is 1. The van der Waals surface area contributed by atoms with Gasteiger partial charge in [-0.05, 0) is 51.8 Å². The maximum absolute atomic E-state index is 12.1. The van der Waals surface area contributed by atoms with E-state index in [1.807, 2.05) is 6.08 Å². The number of esters is 1. The first-order valence-electron chi connectivity index (χ1n) is 9.07. The molecule has 0 aliphatic rings. The first kappa shape index (κ1) is 21.3. The van der Waals surface area contributed by atoms with Crippen LogP contribution >= 0.6 is 0 Å². The molecule has 0 aliphatic carbocycles. The smallest absolute Gasteiger partial charge is 0.383 e. The van der Waals surface area contributed by atoms with Gasteiger partial charge in [-0.3, -0.25) is 4.79 Å². The molecule has 150 valence electrons. The molecule has 28 heavy (non-hydrogen) atoms.